The van der Waals surface area contributed by atoms with Gasteiger partial charge in [-0.05, 0) is 100 Å². The predicted molar refractivity (Wildman–Crippen MR) is 161 cm³/mol. The summed E-state index contributed by atoms with van der Waals surface area (Å²) >= 11 is 0. The van der Waals surface area contributed by atoms with E-state index in [-0.39, 0.29) is 5.41 Å². The van der Waals surface area contributed by atoms with Crippen LogP contribution < -0.4 is 4.74 Å². The summed E-state index contributed by atoms with van der Waals surface area (Å²) < 4.78 is 6.93. The molecule has 2 heterocycles. The van der Waals surface area contributed by atoms with Gasteiger partial charge in [-0.2, -0.15) is 0 Å². The zero-order chi connectivity index (χ0) is 26.4. The van der Waals surface area contributed by atoms with E-state index in [4.69, 9.17) is 9.72 Å². The van der Waals surface area contributed by atoms with Crippen molar-refractivity contribution in [1.29, 1.82) is 0 Å². The molecule has 0 atom stereocenters. The summed E-state index contributed by atoms with van der Waals surface area (Å²) in [5.74, 6) is 2.55. The Bertz CT molecular complexity index is 1760. The molecule has 1 fully saturated rings. The standard InChI is InChI=1S/C36H37NO/c1-21-7-9-27-24(17-21)19-29-33-31-28(13-16-37-33)26-10-8-23(22-11-14-36(5,6)15-12-22)18-25(26)20-30(31)38-34(29)32(27)35(2,3)4/h7-10,13,16-20,22H,11-12,14-15H2,1-6H3. The molecule has 0 amide bonds. The van der Waals surface area contributed by atoms with Crippen molar-refractivity contribution in [2.24, 2.45) is 5.41 Å². The van der Waals surface area contributed by atoms with Crippen LogP contribution in [-0.4, -0.2) is 4.98 Å². The van der Waals surface area contributed by atoms with Crippen LogP contribution in [0.5, 0.6) is 11.5 Å². The number of nitrogens with zero attached hydrogens (tertiary/aromatic N) is 1. The first-order valence-corrected chi connectivity index (χ1v) is 14.2. The lowest BCUT2D eigenvalue weighted by molar-refractivity contribution is 0.224. The maximum absolute atomic E-state index is 6.93. The molecule has 7 rings (SSSR count). The van der Waals surface area contributed by atoms with Crippen LogP contribution in [0.15, 0.2) is 60.8 Å². The molecular formula is C36H37NO. The molecule has 0 unspecified atom stereocenters. The molecule has 2 aliphatic rings. The van der Waals surface area contributed by atoms with Gasteiger partial charge in [-0.15, -0.1) is 0 Å². The molecule has 5 aromatic rings. The molecule has 0 bridgehead atoms. The maximum Gasteiger partial charge on any atom is 0.141 e. The average Bonchev–Trinajstić information content (AvgIpc) is 2.87. The van der Waals surface area contributed by atoms with Crippen LogP contribution in [-0.2, 0) is 5.41 Å². The Kier molecular flexibility index (Phi) is 5.03. The fourth-order valence-corrected chi connectivity index (χ4v) is 7.01. The molecule has 0 spiro atoms. The van der Waals surface area contributed by atoms with E-state index < -0.39 is 0 Å². The van der Waals surface area contributed by atoms with Gasteiger partial charge < -0.3 is 4.74 Å². The molecule has 0 radical (unpaired) electrons. The molecule has 1 aliphatic carbocycles. The van der Waals surface area contributed by atoms with Crippen molar-refractivity contribution in [2.75, 3.05) is 0 Å². The first-order valence-electron chi connectivity index (χ1n) is 14.2. The zero-order valence-electron chi connectivity index (χ0n) is 23.5. The van der Waals surface area contributed by atoms with Gasteiger partial charge in [0.05, 0.1) is 11.1 Å². The SMILES string of the molecule is Cc1ccc2c(C(C)(C)C)c3c(cc2c1)-c1nccc2c1c(cc1cc(C4CCC(C)(C)CC4)ccc12)O3. The molecule has 1 aromatic heterocycles. The molecule has 1 saturated carbocycles. The zero-order valence-corrected chi connectivity index (χ0v) is 23.5. The Morgan fingerprint density at radius 3 is 2.34 bits per heavy atom. The first-order chi connectivity index (χ1) is 18.1. The maximum atomic E-state index is 6.93. The molecule has 4 aromatic carbocycles. The van der Waals surface area contributed by atoms with Crippen LogP contribution in [0.3, 0.4) is 0 Å². The van der Waals surface area contributed by atoms with Crippen molar-refractivity contribution in [3.05, 3.63) is 77.5 Å². The highest BCUT2D eigenvalue weighted by Crippen LogP contribution is 2.53. The lowest BCUT2D eigenvalue weighted by atomic mass is 9.71. The summed E-state index contributed by atoms with van der Waals surface area (Å²) in [5, 5.41) is 7.43. The normalized spacial score (nSPS) is 17.1. The molecule has 1 aliphatic heterocycles. The van der Waals surface area contributed by atoms with Gasteiger partial charge >= 0.3 is 0 Å². The van der Waals surface area contributed by atoms with Gasteiger partial charge in [0.15, 0.2) is 0 Å². The number of ether oxygens (including phenoxy) is 1. The summed E-state index contributed by atoms with van der Waals surface area (Å²) in [6, 6.07) is 20.6. The number of rotatable bonds is 1. The van der Waals surface area contributed by atoms with Crippen molar-refractivity contribution in [3.63, 3.8) is 0 Å². The molecule has 2 nitrogen and oxygen atoms in total. The second kappa shape index (κ2) is 8.06. The number of aromatic nitrogens is 1. The van der Waals surface area contributed by atoms with E-state index in [9.17, 15) is 0 Å². The Balaban J connectivity index is 1.46. The van der Waals surface area contributed by atoms with E-state index in [1.165, 1.54) is 69.3 Å². The van der Waals surface area contributed by atoms with Crippen molar-refractivity contribution in [3.8, 4) is 22.8 Å². The highest BCUT2D eigenvalue weighted by atomic mass is 16.5. The van der Waals surface area contributed by atoms with Gasteiger partial charge in [0.2, 0.25) is 0 Å². The Labute approximate surface area is 226 Å². The quantitative estimate of drug-likeness (QED) is 0.210. The van der Waals surface area contributed by atoms with Crippen LogP contribution in [0.25, 0.3) is 43.6 Å². The third-order valence-corrected chi connectivity index (χ3v) is 9.13. The van der Waals surface area contributed by atoms with Crippen molar-refractivity contribution < 1.29 is 4.74 Å². The monoisotopic (exact) mass is 499 g/mol. The predicted octanol–water partition coefficient (Wildman–Crippen LogP) is 10.6. The number of pyridine rings is 1. The minimum absolute atomic E-state index is 0.0803. The summed E-state index contributed by atoms with van der Waals surface area (Å²) in [5.41, 5.74) is 6.54. The van der Waals surface area contributed by atoms with Crippen molar-refractivity contribution >= 4 is 32.3 Å². The van der Waals surface area contributed by atoms with E-state index in [0.29, 0.717) is 11.3 Å². The van der Waals surface area contributed by atoms with E-state index >= 15 is 0 Å². The molecule has 0 N–H and O–H groups in total. The smallest absolute Gasteiger partial charge is 0.141 e. The number of fused-ring (bicyclic) bond motifs is 5. The summed E-state index contributed by atoms with van der Waals surface area (Å²) in [6.07, 6.45) is 7.13. The largest absolute Gasteiger partial charge is 0.456 e. The third-order valence-electron chi connectivity index (χ3n) is 9.13. The van der Waals surface area contributed by atoms with Crippen LogP contribution in [0.2, 0.25) is 0 Å². The summed E-state index contributed by atoms with van der Waals surface area (Å²) in [7, 11) is 0. The molecule has 2 heteroatoms. The molecule has 0 saturated heterocycles. The highest BCUT2D eigenvalue weighted by molar-refractivity contribution is 6.16. The summed E-state index contributed by atoms with van der Waals surface area (Å²) in [4.78, 5) is 4.96. The van der Waals surface area contributed by atoms with Gasteiger partial charge in [0, 0.05) is 17.3 Å². The van der Waals surface area contributed by atoms with Gasteiger partial charge in [-0.25, -0.2) is 0 Å². The van der Waals surface area contributed by atoms with Crippen LogP contribution in [0.1, 0.15) is 82.9 Å². The van der Waals surface area contributed by atoms with E-state index in [1.54, 1.807) is 0 Å². The first kappa shape index (κ1) is 23.7. The third kappa shape index (κ3) is 3.64. The fraction of sp³-hybridized carbons (Fsp3) is 0.361. The number of aryl methyl sites for hydroxylation is 1. The van der Waals surface area contributed by atoms with Crippen LogP contribution in [0.4, 0.5) is 0 Å². The molecular weight excluding hydrogens is 462 g/mol. The Morgan fingerprint density at radius 2 is 1.58 bits per heavy atom. The van der Waals surface area contributed by atoms with Gasteiger partial charge in [-0.3, -0.25) is 4.98 Å². The lowest BCUT2D eigenvalue weighted by Crippen LogP contribution is -2.20. The van der Waals surface area contributed by atoms with Crippen LogP contribution in [0, 0.1) is 12.3 Å². The van der Waals surface area contributed by atoms with Gasteiger partial charge in [-0.1, -0.05) is 76.6 Å². The minimum Gasteiger partial charge on any atom is -0.456 e. The Morgan fingerprint density at radius 1 is 0.842 bits per heavy atom. The second-order valence-corrected chi connectivity index (χ2v) is 13.6. The number of hydrogen-bond acceptors (Lipinski definition) is 2. The van der Waals surface area contributed by atoms with E-state index in [1.807, 2.05) is 6.20 Å². The highest BCUT2D eigenvalue weighted by Gasteiger charge is 2.32. The van der Waals surface area contributed by atoms with E-state index in [2.05, 4.69) is 96.1 Å². The average molecular weight is 500 g/mol. The van der Waals surface area contributed by atoms with E-state index in [0.717, 1.165) is 28.1 Å². The number of benzene rings is 4. The van der Waals surface area contributed by atoms with Gasteiger partial charge in [0.25, 0.3) is 0 Å². The Hall–Kier alpha value is -3.39. The van der Waals surface area contributed by atoms with Crippen molar-refractivity contribution in [2.45, 2.75) is 78.6 Å². The molecule has 38 heavy (non-hydrogen) atoms. The van der Waals surface area contributed by atoms with Crippen LogP contribution >= 0.6 is 0 Å². The second-order valence-electron chi connectivity index (χ2n) is 13.6. The van der Waals surface area contributed by atoms with Crippen molar-refractivity contribution in [1.82, 2.24) is 4.98 Å². The minimum atomic E-state index is -0.0803. The fourth-order valence-electron chi connectivity index (χ4n) is 7.01. The molecule has 192 valence electrons. The topological polar surface area (TPSA) is 22.1 Å². The lowest BCUT2D eigenvalue weighted by Gasteiger charge is -2.34. The summed E-state index contributed by atoms with van der Waals surface area (Å²) in [6.45, 7) is 13.8. The van der Waals surface area contributed by atoms with Gasteiger partial charge in [0.1, 0.15) is 11.5 Å². The number of hydrogen-bond donors (Lipinski definition) is 0.